The summed E-state index contributed by atoms with van der Waals surface area (Å²) in [6.45, 7) is 14.3. The fourth-order valence-corrected chi connectivity index (χ4v) is 3.77. The van der Waals surface area contributed by atoms with Crippen molar-refractivity contribution in [3.05, 3.63) is 42.0 Å². The van der Waals surface area contributed by atoms with Crippen LogP contribution in [0.2, 0.25) is 0 Å². The van der Waals surface area contributed by atoms with Gasteiger partial charge in [0, 0.05) is 6.54 Å². The molecule has 1 fully saturated rings. The van der Waals surface area contributed by atoms with E-state index in [0.29, 0.717) is 13.0 Å². The second kappa shape index (κ2) is 6.45. The molecule has 2 heterocycles. The predicted octanol–water partition coefficient (Wildman–Crippen LogP) is 4.03. The summed E-state index contributed by atoms with van der Waals surface area (Å²) in [6, 6.07) is 7.42. The van der Waals surface area contributed by atoms with E-state index in [1.165, 1.54) is 0 Å². The van der Waals surface area contributed by atoms with Crippen LogP contribution in [0.3, 0.4) is 0 Å². The van der Waals surface area contributed by atoms with Crippen molar-refractivity contribution in [3.8, 4) is 0 Å². The van der Waals surface area contributed by atoms with Crippen molar-refractivity contribution in [2.75, 3.05) is 0 Å². The Morgan fingerprint density at radius 3 is 2.58 bits per heavy atom. The van der Waals surface area contributed by atoms with Crippen LogP contribution in [0.15, 0.2) is 30.8 Å². The third-order valence-electron chi connectivity index (χ3n) is 4.78. The number of carbonyl (C=O) groups excluding carboxylic acids is 2. The molecule has 26 heavy (non-hydrogen) atoms. The highest BCUT2D eigenvalue weighted by atomic mass is 16.6. The molecule has 3 rings (SSSR count). The fraction of sp³-hybridized carbons (Fsp3) is 0.524. The Bertz CT molecular complexity index is 748. The van der Waals surface area contributed by atoms with E-state index in [2.05, 4.69) is 20.4 Å². The van der Waals surface area contributed by atoms with Crippen molar-refractivity contribution in [3.63, 3.8) is 0 Å². The second-order valence-electron chi connectivity index (χ2n) is 8.56. The number of fused-ring (bicyclic) bond motifs is 2. The molecule has 5 heteroatoms. The van der Waals surface area contributed by atoms with Gasteiger partial charge in [-0.3, -0.25) is 9.69 Å². The lowest BCUT2D eigenvalue weighted by Crippen LogP contribution is -2.48. The third-order valence-corrected chi connectivity index (χ3v) is 4.78. The highest BCUT2D eigenvalue weighted by Gasteiger charge is 2.52. The Labute approximate surface area is 155 Å². The number of carbonyl (C=O) groups is 2. The van der Waals surface area contributed by atoms with Crippen LogP contribution in [-0.2, 0) is 16.1 Å². The average molecular weight is 356 g/mol. The van der Waals surface area contributed by atoms with Crippen LogP contribution >= 0.6 is 0 Å². The van der Waals surface area contributed by atoms with Crippen molar-refractivity contribution in [1.82, 2.24) is 9.80 Å². The molecule has 2 atom stereocenters. The largest absolute Gasteiger partial charge is 0.444 e. The lowest BCUT2D eigenvalue weighted by atomic mass is 9.94. The molecule has 0 aromatic heterocycles. The molecule has 0 unspecified atom stereocenters. The van der Waals surface area contributed by atoms with Crippen LogP contribution < -0.4 is 0 Å². The highest BCUT2D eigenvalue weighted by molar-refractivity contribution is 5.94. The molecular weight excluding hydrogens is 328 g/mol. The molecule has 5 nitrogen and oxygen atoms in total. The monoisotopic (exact) mass is 356 g/mol. The molecule has 0 aliphatic carbocycles. The van der Waals surface area contributed by atoms with Gasteiger partial charge in [-0.25, -0.2) is 4.79 Å². The Hall–Kier alpha value is -2.30. The van der Waals surface area contributed by atoms with Gasteiger partial charge in [0.15, 0.2) is 0 Å². The lowest BCUT2D eigenvalue weighted by molar-refractivity contribution is -0.130. The lowest BCUT2D eigenvalue weighted by Gasteiger charge is -2.37. The molecule has 1 aromatic rings. The molecule has 1 saturated heterocycles. The van der Waals surface area contributed by atoms with E-state index >= 15 is 0 Å². The number of hydrogen-bond acceptors (Lipinski definition) is 3. The predicted molar refractivity (Wildman–Crippen MR) is 101 cm³/mol. The summed E-state index contributed by atoms with van der Waals surface area (Å²) in [5.41, 5.74) is 2.23. The number of rotatable bonds is 2. The van der Waals surface area contributed by atoms with Gasteiger partial charge in [-0.15, -0.1) is 0 Å². The van der Waals surface area contributed by atoms with Crippen LogP contribution in [-0.4, -0.2) is 39.6 Å². The molecule has 0 spiro atoms. The van der Waals surface area contributed by atoms with Gasteiger partial charge in [-0.1, -0.05) is 44.7 Å². The standard InChI is InChI=1S/C21H28N2O3/c1-13(2)11-17-19(24)22-12-15-9-7-8-10-16(15)14(3)18(22)23(17)20(25)26-21(4,5)6/h7-10,13,17-18H,3,11-12H2,1-2,4-6H3/t17-,18+/m0/s1. The minimum absolute atomic E-state index is 0.0230. The van der Waals surface area contributed by atoms with Crippen molar-refractivity contribution < 1.29 is 14.3 Å². The second-order valence-corrected chi connectivity index (χ2v) is 8.56. The zero-order valence-electron chi connectivity index (χ0n) is 16.3. The normalized spacial score (nSPS) is 22.5. The third kappa shape index (κ3) is 3.22. The van der Waals surface area contributed by atoms with Crippen molar-refractivity contribution >= 4 is 17.6 Å². The van der Waals surface area contributed by atoms with Crippen LogP contribution in [0, 0.1) is 5.92 Å². The molecular formula is C21H28N2O3. The van der Waals surface area contributed by atoms with Crippen molar-refractivity contribution in [2.45, 2.75) is 65.4 Å². The maximum absolute atomic E-state index is 13.1. The van der Waals surface area contributed by atoms with E-state index in [9.17, 15) is 9.59 Å². The minimum atomic E-state index is -0.621. The number of benzene rings is 1. The Morgan fingerprint density at radius 1 is 1.31 bits per heavy atom. The Balaban J connectivity index is 2.02. The first-order chi connectivity index (χ1) is 12.1. The summed E-state index contributed by atoms with van der Waals surface area (Å²) in [7, 11) is 0. The summed E-state index contributed by atoms with van der Waals surface area (Å²) in [4.78, 5) is 29.5. The summed E-state index contributed by atoms with van der Waals surface area (Å²) >= 11 is 0. The first-order valence-corrected chi connectivity index (χ1v) is 9.19. The van der Waals surface area contributed by atoms with Crippen LogP contribution in [0.4, 0.5) is 4.79 Å². The zero-order chi connectivity index (χ0) is 19.2. The Kier molecular flexibility index (Phi) is 4.59. The van der Waals surface area contributed by atoms with E-state index in [1.54, 1.807) is 9.80 Å². The van der Waals surface area contributed by atoms with Gasteiger partial charge in [-0.05, 0) is 49.8 Å². The molecule has 2 amide bonds. The van der Waals surface area contributed by atoms with Gasteiger partial charge in [-0.2, -0.15) is 0 Å². The molecule has 0 radical (unpaired) electrons. The minimum Gasteiger partial charge on any atom is -0.444 e. The van der Waals surface area contributed by atoms with E-state index in [-0.39, 0.29) is 11.8 Å². The molecule has 0 saturated carbocycles. The fourth-order valence-electron chi connectivity index (χ4n) is 3.77. The maximum atomic E-state index is 13.1. The van der Waals surface area contributed by atoms with E-state index in [0.717, 1.165) is 16.7 Å². The summed E-state index contributed by atoms with van der Waals surface area (Å²) < 4.78 is 5.63. The topological polar surface area (TPSA) is 49.9 Å². The van der Waals surface area contributed by atoms with Crippen molar-refractivity contribution in [1.29, 1.82) is 0 Å². The van der Waals surface area contributed by atoms with E-state index in [4.69, 9.17) is 4.74 Å². The summed E-state index contributed by atoms with van der Waals surface area (Å²) in [5, 5.41) is 0. The molecule has 2 aliphatic heterocycles. The molecule has 2 aliphatic rings. The van der Waals surface area contributed by atoms with Gasteiger partial charge in [0.2, 0.25) is 5.91 Å². The van der Waals surface area contributed by atoms with Crippen molar-refractivity contribution in [2.24, 2.45) is 5.92 Å². The number of ether oxygens (including phenoxy) is 1. The average Bonchev–Trinajstić information content (AvgIpc) is 2.79. The SMILES string of the molecule is C=C1c2ccccc2CN2C(=O)[C@H](CC(C)C)N(C(=O)OC(C)(C)C)[C@H]12. The smallest absolute Gasteiger partial charge is 0.412 e. The maximum Gasteiger partial charge on any atom is 0.412 e. The quantitative estimate of drug-likeness (QED) is 0.804. The molecule has 140 valence electrons. The van der Waals surface area contributed by atoms with Crippen LogP contribution in [0.25, 0.3) is 5.57 Å². The summed E-state index contributed by atoms with van der Waals surface area (Å²) in [6.07, 6.45) is -0.324. The number of hydrogen-bond donors (Lipinski definition) is 0. The van der Waals surface area contributed by atoms with E-state index in [1.807, 2.05) is 45.0 Å². The van der Waals surface area contributed by atoms with Crippen LogP contribution in [0.1, 0.15) is 52.2 Å². The van der Waals surface area contributed by atoms with Gasteiger partial charge in [0.1, 0.15) is 17.8 Å². The molecule has 0 N–H and O–H groups in total. The van der Waals surface area contributed by atoms with E-state index < -0.39 is 23.9 Å². The van der Waals surface area contributed by atoms with Gasteiger partial charge >= 0.3 is 6.09 Å². The van der Waals surface area contributed by atoms with Gasteiger partial charge in [0.05, 0.1) is 0 Å². The molecule has 0 bridgehead atoms. The highest BCUT2D eigenvalue weighted by Crippen LogP contribution is 2.40. The Morgan fingerprint density at radius 2 is 1.96 bits per heavy atom. The summed E-state index contributed by atoms with van der Waals surface area (Å²) in [5.74, 6) is 0.260. The van der Waals surface area contributed by atoms with Gasteiger partial charge in [0.25, 0.3) is 0 Å². The zero-order valence-corrected chi connectivity index (χ0v) is 16.3. The van der Waals surface area contributed by atoms with Crippen LogP contribution in [0.5, 0.6) is 0 Å². The van der Waals surface area contributed by atoms with Gasteiger partial charge < -0.3 is 9.64 Å². The first kappa shape index (κ1) is 18.5. The number of amides is 2. The first-order valence-electron chi connectivity index (χ1n) is 9.19. The number of nitrogens with zero attached hydrogens (tertiary/aromatic N) is 2. The molecule has 1 aromatic carbocycles.